The molecule has 2 heterocycles. The molecule has 0 radical (unpaired) electrons. The number of benzene rings is 1. The van der Waals surface area contributed by atoms with E-state index in [1.165, 1.54) is 5.56 Å². The second-order valence-corrected chi connectivity index (χ2v) is 4.31. The minimum absolute atomic E-state index is 0.265. The van der Waals surface area contributed by atoms with E-state index < -0.39 is 0 Å². The van der Waals surface area contributed by atoms with E-state index in [0.29, 0.717) is 0 Å². The fourth-order valence-corrected chi connectivity index (χ4v) is 1.90. The van der Waals surface area contributed by atoms with Gasteiger partial charge in [0.15, 0.2) is 0 Å². The Bertz CT molecular complexity index is 657. The quantitative estimate of drug-likeness (QED) is 0.758. The molecule has 0 aliphatic rings. The van der Waals surface area contributed by atoms with Crippen molar-refractivity contribution in [1.82, 2.24) is 19.7 Å². The number of nitrogens with zero attached hydrogens (tertiary/aromatic N) is 4. The van der Waals surface area contributed by atoms with Crippen LogP contribution in [0, 0.1) is 6.92 Å². The zero-order chi connectivity index (χ0) is 13.2. The van der Waals surface area contributed by atoms with E-state index >= 15 is 0 Å². The van der Waals surface area contributed by atoms with Crippen LogP contribution in [0.5, 0.6) is 0 Å². The van der Waals surface area contributed by atoms with Gasteiger partial charge in [0.05, 0.1) is 17.6 Å². The van der Waals surface area contributed by atoms with Crippen molar-refractivity contribution >= 4 is 5.95 Å². The van der Waals surface area contributed by atoms with Gasteiger partial charge >= 0.3 is 0 Å². The van der Waals surface area contributed by atoms with Crippen LogP contribution in [0.2, 0.25) is 0 Å². The summed E-state index contributed by atoms with van der Waals surface area (Å²) in [6.07, 6.45) is 5.34. The summed E-state index contributed by atoms with van der Waals surface area (Å²) in [7, 11) is 0. The van der Waals surface area contributed by atoms with Gasteiger partial charge in [-0.3, -0.25) is 0 Å². The van der Waals surface area contributed by atoms with Gasteiger partial charge in [-0.1, -0.05) is 12.1 Å². The fourth-order valence-electron chi connectivity index (χ4n) is 1.90. The molecule has 0 fully saturated rings. The second kappa shape index (κ2) is 4.53. The lowest BCUT2D eigenvalue weighted by molar-refractivity contribution is 0.879. The van der Waals surface area contributed by atoms with Gasteiger partial charge in [0.25, 0.3) is 0 Å². The van der Waals surface area contributed by atoms with Crippen molar-refractivity contribution in [3.63, 3.8) is 0 Å². The molecule has 2 aromatic heterocycles. The molecule has 0 saturated carbocycles. The summed E-state index contributed by atoms with van der Waals surface area (Å²) in [5.41, 5.74) is 9.48. The Morgan fingerprint density at radius 3 is 2.89 bits per heavy atom. The minimum atomic E-state index is 0.265. The van der Waals surface area contributed by atoms with Gasteiger partial charge in [0.2, 0.25) is 5.95 Å². The fraction of sp³-hybridized carbons (Fsp3) is 0.0714. The number of nitrogens with two attached hydrogens (primary N) is 1. The largest absolute Gasteiger partial charge is 0.368 e. The molecule has 0 bridgehead atoms. The van der Waals surface area contributed by atoms with E-state index in [0.717, 1.165) is 16.9 Å². The maximum atomic E-state index is 5.58. The van der Waals surface area contributed by atoms with Crippen molar-refractivity contribution in [2.75, 3.05) is 5.73 Å². The van der Waals surface area contributed by atoms with Crippen LogP contribution < -0.4 is 5.73 Å². The number of rotatable bonds is 2. The minimum Gasteiger partial charge on any atom is -0.368 e. The van der Waals surface area contributed by atoms with E-state index in [-0.39, 0.29) is 5.95 Å². The first-order valence-corrected chi connectivity index (χ1v) is 5.93. The molecule has 0 saturated heterocycles. The van der Waals surface area contributed by atoms with Crippen molar-refractivity contribution in [3.05, 3.63) is 54.5 Å². The third-order valence-corrected chi connectivity index (χ3v) is 2.82. The van der Waals surface area contributed by atoms with Gasteiger partial charge in [-0.25, -0.2) is 14.6 Å². The van der Waals surface area contributed by atoms with Crippen molar-refractivity contribution in [2.45, 2.75) is 6.92 Å². The van der Waals surface area contributed by atoms with Crippen LogP contribution in [0.3, 0.4) is 0 Å². The Balaban J connectivity index is 2.00. The lowest BCUT2D eigenvalue weighted by atomic mass is 10.2. The standard InChI is InChI=1S/C14H13N5/c1-10-3-2-4-12(7-10)19-9-11(8-17-19)13-5-6-16-14(15)18-13/h2-9H,1H3,(H2,15,16,18). The van der Waals surface area contributed by atoms with E-state index in [2.05, 4.69) is 34.1 Å². The molecule has 5 nitrogen and oxygen atoms in total. The lowest BCUT2D eigenvalue weighted by Gasteiger charge is -2.01. The summed E-state index contributed by atoms with van der Waals surface area (Å²) in [5.74, 6) is 0.265. The molecule has 19 heavy (non-hydrogen) atoms. The summed E-state index contributed by atoms with van der Waals surface area (Å²) >= 11 is 0. The summed E-state index contributed by atoms with van der Waals surface area (Å²) in [6.45, 7) is 2.05. The normalized spacial score (nSPS) is 10.6. The lowest BCUT2D eigenvalue weighted by Crippen LogP contribution is -1.95. The van der Waals surface area contributed by atoms with Crippen LogP contribution in [0.25, 0.3) is 16.9 Å². The maximum Gasteiger partial charge on any atom is 0.220 e. The first-order chi connectivity index (χ1) is 9.22. The highest BCUT2D eigenvalue weighted by molar-refractivity contribution is 5.58. The van der Waals surface area contributed by atoms with E-state index in [9.17, 15) is 0 Å². The number of hydrogen-bond acceptors (Lipinski definition) is 4. The van der Waals surface area contributed by atoms with Gasteiger partial charge in [-0.15, -0.1) is 0 Å². The molecular weight excluding hydrogens is 238 g/mol. The van der Waals surface area contributed by atoms with Gasteiger partial charge in [0, 0.05) is 18.0 Å². The van der Waals surface area contributed by atoms with Crippen LogP contribution in [0.15, 0.2) is 48.9 Å². The third kappa shape index (κ3) is 2.30. The smallest absolute Gasteiger partial charge is 0.220 e. The van der Waals surface area contributed by atoms with Crippen LogP contribution in [0.4, 0.5) is 5.95 Å². The Morgan fingerprint density at radius 1 is 1.21 bits per heavy atom. The molecule has 3 rings (SSSR count). The molecule has 0 amide bonds. The molecule has 0 atom stereocenters. The Morgan fingerprint density at radius 2 is 2.11 bits per heavy atom. The molecule has 0 spiro atoms. The average Bonchev–Trinajstić information content (AvgIpc) is 2.88. The molecule has 1 aromatic carbocycles. The van der Waals surface area contributed by atoms with Crippen LogP contribution in [-0.4, -0.2) is 19.7 Å². The van der Waals surface area contributed by atoms with Gasteiger partial charge < -0.3 is 5.73 Å². The van der Waals surface area contributed by atoms with Crippen LogP contribution in [0.1, 0.15) is 5.56 Å². The zero-order valence-electron chi connectivity index (χ0n) is 10.5. The molecule has 0 aliphatic carbocycles. The molecule has 2 N–H and O–H groups in total. The van der Waals surface area contributed by atoms with Crippen molar-refractivity contribution in [1.29, 1.82) is 0 Å². The Labute approximate surface area is 110 Å². The first kappa shape index (κ1) is 11.4. The van der Waals surface area contributed by atoms with Gasteiger partial charge in [0.1, 0.15) is 0 Å². The van der Waals surface area contributed by atoms with Crippen molar-refractivity contribution in [3.8, 4) is 16.9 Å². The molecule has 94 valence electrons. The van der Waals surface area contributed by atoms with E-state index in [4.69, 9.17) is 5.73 Å². The number of aromatic nitrogens is 4. The SMILES string of the molecule is Cc1cccc(-n2cc(-c3ccnc(N)n3)cn2)c1. The van der Waals surface area contributed by atoms with Gasteiger partial charge in [-0.2, -0.15) is 5.10 Å². The Hall–Kier alpha value is -2.69. The van der Waals surface area contributed by atoms with E-state index in [1.54, 1.807) is 12.4 Å². The second-order valence-electron chi connectivity index (χ2n) is 4.31. The van der Waals surface area contributed by atoms with E-state index in [1.807, 2.05) is 29.1 Å². The maximum absolute atomic E-state index is 5.58. The molecular formula is C14H13N5. The zero-order valence-corrected chi connectivity index (χ0v) is 10.5. The number of aryl methyl sites for hydroxylation is 1. The number of anilines is 1. The molecule has 0 unspecified atom stereocenters. The average molecular weight is 251 g/mol. The molecule has 5 heteroatoms. The highest BCUT2D eigenvalue weighted by atomic mass is 15.3. The number of nitrogen functional groups attached to an aromatic ring is 1. The monoisotopic (exact) mass is 251 g/mol. The number of hydrogen-bond donors (Lipinski definition) is 1. The van der Waals surface area contributed by atoms with Crippen molar-refractivity contribution in [2.24, 2.45) is 0 Å². The highest BCUT2D eigenvalue weighted by Crippen LogP contribution is 2.18. The predicted molar refractivity (Wildman–Crippen MR) is 73.7 cm³/mol. The molecule has 3 aromatic rings. The molecule has 0 aliphatic heterocycles. The first-order valence-electron chi connectivity index (χ1n) is 5.93. The summed E-state index contributed by atoms with van der Waals surface area (Å²) < 4.78 is 1.82. The van der Waals surface area contributed by atoms with Crippen molar-refractivity contribution < 1.29 is 0 Å². The van der Waals surface area contributed by atoms with Crippen LogP contribution >= 0.6 is 0 Å². The summed E-state index contributed by atoms with van der Waals surface area (Å²) in [4.78, 5) is 8.06. The topological polar surface area (TPSA) is 69.6 Å². The summed E-state index contributed by atoms with van der Waals surface area (Å²) in [5, 5.41) is 4.35. The predicted octanol–water partition coefficient (Wildman–Crippen LogP) is 2.22. The van der Waals surface area contributed by atoms with Gasteiger partial charge in [-0.05, 0) is 30.7 Å². The summed E-state index contributed by atoms with van der Waals surface area (Å²) in [6, 6.07) is 9.96. The van der Waals surface area contributed by atoms with Crippen LogP contribution in [-0.2, 0) is 0 Å². The third-order valence-electron chi connectivity index (χ3n) is 2.82. The Kier molecular flexibility index (Phi) is 2.72. The highest BCUT2D eigenvalue weighted by Gasteiger charge is 2.05.